The lowest BCUT2D eigenvalue weighted by molar-refractivity contribution is -0.140. The van der Waals surface area contributed by atoms with Crippen LogP contribution < -0.4 is 0 Å². The maximum atomic E-state index is 11.9. The van der Waals surface area contributed by atoms with Crippen LogP contribution in [0.2, 0.25) is 0 Å². The van der Waals surface area contributed by atoms with Gasteiger partial charge in [0.1, 0.15) is 0 Å². The van der Waals surface area contributed by atoms with Crippen molar-refractivity contribution in [2.75, 3.05) is 37.7 Å². The molecule has 6 nitrogen and oxygen atoms in total. The van der Waals surface area contributed by atoms with Crippen molar-refractivity contribution in [1.29, 1.82) is 0 Å². The average molecular weight is 302 g/mol. The highest BCUT2D eigenvalue weighted by molar-refractivity contribution is 7.91. The number of nitrogens with zero attached hydrogens (tertiary/aromatic N) is 2. The largest absolute Gasteiger partial charge is 0.480 e. The molecule has 1 aliphatic carbocycles. The van der Waals surface area contributed by atoms with Gasteiger partial charge in [-0.15, -0.1) is 0 Å². The van der Waals surface area contributed by atoms with Crippen molar-refractivity contribution in [3.8, 4) is 0 Å². The molecule has 0 aromatic heterocycles. The number of piperazine rings is 1. The number of carboxylic acids is 1. The average Bonchev–Trinajstić information content (AvgIpc) is 2.61. The Morgan fingerprint density at radius 1 is 1.10 bits per heavy atom. The van der Waals surface area contributed by atoms with E-state index < -0.39 is 15.8 Å². The van der Waals surface area contributed by atoms with Gasteiger partial charge in [-0.1, -0.05) is 6.42 Å². The fourth-order valence-electron chi connectivity index (χ4n) is 3.70. The van der Waals surface area contributed by atoms with Crippen molar-refractivity contribution in [3.63, 3.8) is 0 Å². The molecule has 2 aliphatic heterocycles. The van der Waals surface area contributed by atoms with Gasteiger partial charge in [-0.2, -0.15) is 0 Å². The Bertz CT molecular complexity index is 489. The Morgan fingerprint density at radius 3 is 2.25 bits per heavy atom. The van der Waals surface area contributed by atoms with Crippen LogP contribution in [0.4, 0.5) is 0 Å². The summed E-state index contributed by atoms with van der Waals surface area (Å²) in [4.78, 5) is 15.1. The zero-order chi connectivity index (χ0) is 14.3. The molecule has 0 unspecified atom stereocenters. The molecule has 2 saturated heterocycles. The second kappa shape index (κ2) is 5.27. The summed E-state index contributed by atoms with van der Waals surface area (Å²) in [7, 11) is -3.03. The number of sulfone groups is 1. The minimum Gasteiger partial charge on any atom is -0.480 e. The Kier molecular flexibility index (Phi) is 3.77. The van der Waals surface area contributed by atoms with Crippen molar-refractivity contribution in [2.45, 2.75) is 31.3 Å². The van der Waals surface area contributed by atoms with Crippen molar-refractivity contribution < 1.29 is 18.3 Å². The summed E-state index contributed by atoms with van der Waals surface area (Å²) >= 11 is 0. The van der Waals surface area contributed by atoms with Crippen molar-refractivity contribution in [1.82, 2.24) is 9.80 Å². The first-order valence-corrected chi connectivity index (χ1v) is 9.17. The highest BCUT2D eigenvalue weighted by atomic mass is 32.2. The van der Waals surface area contributed by atoms with E-state index in [0.29, 0.717) is 12.5 Å². The molecule has 3 fully saturated rings. The molecule has 0 aromatic rings. The minimum atomic E-state index is -3.03. The minimum absolute atomic E-state index is 0.00583. The zero-order valence-corrected chi connectivity index (χ0v) is 12.4. The zero-order valence-electron chi connectivity index (χ0n) is 11.6. The monoisotopic (exact) mass is 302 g/mol. The SMILES string of the molecule is O=C(O)CN1CCN(CC2CCC2)[C@@H]2CS(=O)(=O)C[C@@H]21. The number of carboxylic acid groups (broad SMARTS) is 1. The molecule has 1 N–H and O–H groups in total. The van der Waals surface area contributed by atoms with Crippen molar-refractivity contribution >= 4 is 15.8 Å². The molecule has 2 atom stereocenters. The Balaban J connectivity index is 1.73. The van der Waals surface area contributed by atoms with Gasteiger partial charge in [-0.25, -0.2) is 8.42 Å². The maximum absolute atomic E-state index is 11.9. The normalized spacial score (nSPS) is 34.6. The van der Waals surface area contributed by atoms with Gasteiger partial charge in [-0.3, -0.25) is 14.6 Å². The molecule has 2 heterocycles. The molecular formula is C13H22N2O4S. The third kappa shape index (κ3) is 2.84. The number of rotatable bonds is 4. The number of hydrogen-bond donors (Lipinski definition) is 1. The highest BCUT2D eigenvalue weighted by Crippen LogP contribution is 2.32. The predicted octanol–water partition coefficient (Wildman–Crippen LogP) is -0.346. The van der Waals surface area contributed by atoms with Crippen LogP contribution >= 0.6 is 0 Å². The summed E-state index contributed by atoms with van der Waals surface area (Å²) < 4.78 is 23.9. The molecule has 7 heteroatoms. The fourth-order valence-corrected chi connectivity index (χ4v) is 5.74. The first-order chi connectivity index (χ1) is 9.44. The van der Waals surface area contributed by atoms with E-state index in [1.54, 1.807) is 0 Å². The molecule has 0 spiro atoms. The van der Waals surface area contributed by atoms with Gasteiger partial charge in [0.25, 0.3) is 0 Å². The van der Waals surface area contributed by atoms with Crippen LogP contribution in [0.15, 0.2) is 0 Å². The third-order valence-corrected chi connectivity index (χ3v) is 6.66. The summed E-state index contributed by atoms with van der Waals surface area (Å²) in [6.07, 6.45) is 3.79. The van der Waals surface area contributed by atoms with Gasteiger partial charge in [-0.05, 0) is 18.8 Å². The predicted molar refractivity (Wildman–Crippen MR) is 74.4 cm³/mol. The lowest BCUT2D eigenvalue weighted by Gasteiger charge is -2.45. The quantitative estimate of drug-likeness (QED) is 0.765. The molecule has 0 bridgehead atoms. The van der Waals surface area contributed by atoms with E-state index in [0.717, 1.165) is 13.1 Å². The Hall–Kier alpha value is -0.660. The first kappa shape index (κ1) is 14.3. The lowest BCUT2D eigenvalue weighted by Crippen LogP contribution is -2.60. The van der Waals surface area contributed by atoms with Crippen LogP contribution in [0, 0.1) is 5.92 Å². The Morgan fingerprint density at radius 2 is 1.70 bits per heavy atom. The summed E-state index contributed by atoms with van der Waals surface area (Å²) in [5, 5.41) is 8.97. The second-order valence-electron chi connectivity index (χ2n) is 6.37. The molecule has 3 rings (SSSR count). The van der Waals surface area contributed by atoms with E-state index in [9.17, 15) is 13.2 Å². The number of aliphatic carboxylic acids is 1. The molecule has 114 valence electrons. The summed E-state index contributed by atoms with van der Waals surface area (Å²) in [6, 6.07) is -0.140. The lowest BCUT2D eigenvalue weighted by atomic mass is 9.84. The van der Waals surface area contributed by atoms with Gasteiger partial charge in [0.2, 0.25) is 0 Å². The molecule has 0 aromatic carbocycles. The number of hydrogen-bond acceptors (Lipinski definition) is 5. The van der Waals surface area contributed by atoms with Crippen LogP contribution in [0.3, 0.4) is 0 Å². The van der Waals surface area contributed by atoms with Gasteiger partial charge >= 0.3 is 5.97 Å². The molecule has 0 amide bonds. The van der Waals surface area contributed by atoms with Crippen LogP contribution in [0.1, 0.15) is 19.3 Å². The first-order valence-electron chi connectivity index (χ1n) is 7.35. The topological polar surface area (TPSA) is 77.9 Å². The molecule has 20 heavy (non-hydrogen) atoms. The molecule has 1 saturated carbocycles. The van der Waals surface area contributed by atoms with Gasteiger partial charge in [0, 0.05) is 31.7 Å². The second-order valence-corrected chi connectivity index (χ2v) is 8.52. The van der Waals surface area contributed by atoms with E-state index >= 15 is 0 Å². The van der Waals surface area contributed by atoms with Crippen LogP contribution in [0.5, 0.6) is 0 Å². The number of carbonyl (C=O) groups is 1. The number of fused-ring (bicyclic) bond motifs is 1. The van der Waals surface area contributed by atoms with Crippen molar-refractivity contribution in [3.05, 3.63) is 0 Å². The van der Waals surface area contributed by atoms with Gasteiger partial charge in [0.15, 0.2) is 9.84 Å². The van der Waals surface area contributed by atoms with E-state index in [1.165, 1.54) is 19.3 Å². The highest BCUT2D eigenvalue weighted by Gasteiger charge is 2.47. The van der Waals surface area contributed by atoms with E-state index in [-0.39, 0.29) is 30.1 Å². The maximum Gasteiger partial charge on any atom is 0.317 e. The van der Waals surface area contributed by atoms with Gasteiger partial charge in [0.05, 0.1) is 18.1 Å². The standard InChI is InChI=1S/C13H22N2O4S/c16-13(17)7-15-5-4-14(6-10-2-1-3-10)11-8-20(18,19)9-12(11)15/h10-12H,1-9H2,(H,16,17)/t11-,12+/m1/s1. The fraction of sp³-hybridized carbons (Fsp3) is 0.923. The van der Waals surface area contributed by atoms with Gasteiger partial charge < -0.3 is 5.11 Å². The summed E-state index contributed by atoms with van der Waals surface area (Å²) in [5.41, 5.74) is 0. The van der Waals surface area contributed by atoms with Crippen molar-refractivity contribution in [2.24, 2.45) is 5.92 Å². The van der Waals surface area contributed by atoms with E-state index in [1.807, 2.05) is 4.90 Å². The molecular weight excluding hydrogens is 280 g/mol. The molecule has 0 radical (unpaired) electrons. The van der Waals surface area contributed by atoms with Crippen LogP contribution in [0.25, 0.3) is 0 Å². The van der Waals surface area contributed by atoms with E-state index in [2.05, 4.69) is 4.90 Å². The summed E-state index contributed by atoms with van der Waals surface area (Å²) in [5.74, 6) is 0.151. The van der Waals surface area contributed by atoms with Crippen LogP contribution in [-0.4, -0.2) is 79.1 Å². The molecule has 3 aliphatic rings. The third-order valence-electron chi connectivity index (χ3n) is 4.96. The smallest absolute Gasteiger partial charge is 0.317 e. The van der Waals surface area contributed by atoms with Crippen LogP contribution in [-0.2, 0) is 14.6 Å². The van der Waals surface area contributed by atoms with E-state index in [4.69, 9.17) is 5.11 Å². The Labute approximate surface area is 119 Å². The summed E-state index contributed by atoms with van der Waals surface area (Å²) in [6.45, 7) is 2.39.